The summed E-state index contributed by atoms with van der Waals surface area (Å²) in [4.78, 5) is 0. The molecule has 0 spiro atoms. The summed E-state index contributed by atoms with van der Waals surface area (Å²) in [7, 11) is 0. The van der Waals surface area contributed by atoms with Crippen molar-refractivity contribution in [3.8, 4) is 5.75 Å². The molecular weight excluding hydrogens is 332 g/mol. The van der Waals surface area contributed by atoms with Crippen LogP contribution >= 0.6 is 11.6 Å². The van der Waals surface area contributed by atoms with Crippen LogP contribution in [0.15, 0.2) is 48.5 Å². The smallest absolute Gasteiger partial charge is 0.119 e. The molecule has 2 aromatic carbocycles. The van der Waals surface area contributed by atoms with E-state index in [-0.39, 0.29) is 0 Å². The van der Waals surface area contributed by atoms with Gasteiger partial charge in [0.15, 0.2) is 0 Å². The van der Waals surface area contributed by atoms with Gasteiger partial charge in [-0.25, -0.2) is 0 Å². The van der Waals surface area contributed by atoms with Crippen molar-refractivity contribution in [3.63, 3.8) is 0 Å². The van der Waals surface area contributed by atoms with E-state index in [1.807, 2.05) is 30.3 Å². The van der Waals surface area contributed by atoms with E-state index < -0.39 is 0 Å². The number of benzene rings is 2. The number of hydrogen-bond acceptors (Lipinski definition) is 3. The molecule has 1 saturated heterocycles. The SMILES string of the molecule is Clc1ccc(NCc2cccc(OCCCC3CCCNC3)c2)cc1. The van der Waals surface area contributed by atoms with E-state index in [4.69, 9.17) is 16.3 Å². The summed E-state index contributed by atoms with van der Waals surface area (Å²) in [6.45, 7) is 3.92. The lowest BCUT2D eigenvalue weighted by atomic mass is 9.95. The zero-order chi connectivity index (χ0) is 17.3. The fourth-order valence-corrected chi connectivity index (χ4v) is 3.38. The second-order valence-corrected chi connectivity index (χ2v) is 7.15. The van der Waals surface area contributed by atoms with Crippen LogP contribution in [0, 0.1) is 5.92 Å². The molecule has 3 nitrogen and oxygen atoms in total. The van der Waals surface area contributed by atoms with Gasteiger partial charge in [-0.15, -0.1) is 0 Å². The largest absolute Gasteiger partial charge is 0.494 e. The van der Waals surface area contributed by atoms with Crippen molar-refractivity contribution in [1.82, 2.24) is 5.32 Å². The van der Waals surface area contributed by atoms with E-state index in [1.54, 1.807) is 0 Å². The summed E-state index contributed by atoms with van der Waals surface area (Å²) in [6.07, 6.45) is 5.05. The summed E-state index contributed by atoms with van der Waals surface area (Å²) in [5.41, 5.74) is 2.28. The Hall–Kier alpha value is -1.71. The molecule has 25 heavy (non-hydrogen) atoms. The average Bonchev–Trinajstić information content (AvgIpc) is 2.66. The standard InChI is InChI=1S/C21H27ClN2O/c22-19-8-10-20(11-9-19)24-16-18-4-1-7-21(14-18)25-13-3-6-17-5-2-12-23-15-17/h1,4,7-11,14,17,23-24H,2-3,5-6,12-13,15-16H2. The zero-order valence-electron chi connectivity index (χ0n) is 14.6. The minimum atomic E-state index is 0.755. The molecule has 134 valence electrons. The van der Waals surface area contributed by atoms with Crippen molar-refractivity contribution < 1.29 is 4.74 Å². The molecule has 0 saturated carbocycles. The average molecular weight is 359 g/mol. The topological polar surface area (TPSA) is 33.3 Å². The Morgan fingerprint density at radius 3 is 2.84 bits per heavy atom. The first-order valence-corrected chi connectivity index (χ1v) is 9.59. The molecule has 0 aromatic heterocycles. The van der Waals surface area contributed by atoms with Crippen molar-refractivity contribution in [2.45, 2.75) is 32.2 Å². The number of anilines is 1. The van der Waals surface area contributed by atoms with Crippen LogP contribution in [0.25, 0.3) is 0 Å². The van der Waals surface area contributed by atoms with Crippen LogP contribution < -0.4 is 15.4 Å². The van der Waals surface area contributed by atoms with Gasteiger partial charge in [-0.3, -0.25) is 0 Å². The van der Waals surface area contributed by atoms with Crippen molar-refractivity contribution in [2.75, 3.05) is 25.0 Å². The molecule has 1 unspecified atom stereocenters. The molecule has 1 aliphatic rings. The van der Waals surface area contributed by atoms with Gasteiger partial charge in [0.1, 0.15) is 5.75 Å². The highest BCUT2D eigenvalue weighted by molar-refractivity contribution is 6.30. The molecular formula is C21H27ClN2O. The van der Waals surface area contributed by atoms with E-state index in [9.17, 15) is 0 Å². The van der Waals surface area contributed by atoms with E-state index in [1.165, 1.54) is 37.9 Å². The van der Waals surface area contributed by atoms with E-state index in [0.29, 0.717) is 0 Å². The third-order valence-corrected chi connectivity index (χ3v) is 4.92. The molecule has 0 amide bonds. The summed E-state index contributed by atoms with van der Waals surface area (Å²) >= 11 is 5.91. The van der Waals surface area contributed by atoms with Crippen LogP contribution in [0.2, 0.25) is 5.02 Å². The molecule has 1 atom stereocenters. The minimum Gasteiger partial charge on any atom is -0.494 e. The maximum absolute atomic E-state index is 5.94. The normalized spacial score (nSPS) is 17.2. The van der Waals surface area contributed by atoms with Crippen LogP contribution in [0.4, 0.5) is 5.69 Å². The Bertz CT molecular complexity index is 639. The lowest BCUT2D eigenvalue weighted by Gasteiger charge is -2.22. The van der Waals surface area contributed by atoms with Gasteiger partial charge in [-0.1, -0.05) is 23.7 Å². The number of piperidine rings is 1. The fraction of sp³-hybridized carbons (Fsp3) is 0.429. The predicted octanol–water partition coefficient (Wildman–Crippen LogP) is 5.11. The lowest BCUT2D eigenvalue weighted by Crippen LogP contribution is -2.29. The molecule has 1 aliphatic heterocycles. The molecule has 0 bridgehead atoms. The Kier molecular flexibility index (Phi) is 7.01. The molecule has 4 heteroatoms. The number of halogens is 1. The molecule has 1 fully saturated rings. The molecule has 0 radical (unpaired) electrons. The van der Waals surface area contributed by atoms with Gasteiger partial charge in [0.25, 0.3) is 0 Å². The second kappa shape index (κ2) is 9.69. The quantitative estimate of drug-likeness (QED) is 0.643. The van der Waals surface area contributed by atoms with Gasteiger partial charge in [-0.05, 0) is 86.7 Å². The summed E-state index contributed by atoms with van der Waals surface area (Å²) in [6, 6.07) is 16.1. The first kappa shape index (κ1) is 18.1. The van der Waals surface area contributed by atoms with Crippen molar-refractivity contribution in [2.24, 2.45) is 5.92 Å². The second-order valence-electron chi connectivity index (χ2n) is 6.71. The highest BCUT2D eigenvalue weighted by Gasteiger charge is 2.12. The third kappa shape index (κ3) is 6.26. The summed E-state index contributed by atoms with van der Waals surface area (Å²) in [5, 5.41) is 7.64. The monoisotopic (exact) mass is 358 g/mol. The van der Waals surface area contributed by atoms with E-state index >= 15 is 0 Å². The predicted molar refractivity (Wildman–Crippen MR) is 106 cm³/mol. The first-order chi connectivity index (χ1) is 12.3. The van der Waals surface area contributed by atoms with Crippen LogP contribution in [0.1, 0.15) is 31.2 Å². The fourth-order valence-electron chi connectivity index (χ4n) is 3.25. The highest BCUT2D eigenvalue weighted by Crippen LogP contribution is 2.19. The molecule has 2 aromatic rings. The lowest BCUT2D eigenvalue weighted by molar-refractivity contribution is 0.275. The van der Waals surface area contributed by atoms with Gasteiger partial charge < -0.3 is 15.4 Å². The van der Waals surface area contributed by atoms with Crippen molar-refractivity contribution in [1.29, 1.82) is 0 Å². The molecule has 1 heterocycles. The van der Waals surface area contributed by atoms with Gasteiger partial charge >= 0.3 is 0 Å². The molecule has 3 rings (SSSR count). The maximum Gasteiger partial charge on any atom is 0.119 e. The van der Waals surface area contributed by atoms with Crippen LogP contribution in [-0.2, 0) is 6.54 Å². The van der Waals surface area contributed by atoms with Gasteiger partial charge in [0.2, 0.25) is 0 Å². The first-order valence-electron chi connectivity index (χ1n) is 9.21. The number of rotatable bonds is 8. The van der Waals surface area contributed by atoms with E-state index in [0.717, 1.165) is 41.9 Å². The van der Waals surface area contributed by atoms with Crippen LogP contribution in [0.3, 0.4) is 0 Å². The third-order valence-electron chi connectivity index (χ3n) is 4.66. The minimum absolute atomic E-state index is 0.755. The number of nitrogens with one attached hydrogen (secondary N) is 2. The Balaban J connectivity index is 1.40. The maximum atomic E-state index is 5.94. The Morgan fingerprint density at radius 1 is 1.16 bits per heavy atom. The zero-order valence-corrected chi connectivity index (χ0v) is 15.4. The van der Waals surface area contributed by atoms with Gasteiger partial charge in [0.05, 0.1) is 6.61 Å². The van der Waals surface area contributed by atoms with Crippen molar-refractivity contribution in [3.05, 3.63) is 59.1 Å². The van der Waals surface area contributed by atoms with Crippen LogP contribution in [-0.4, -0.2) is 19.7 Å². The van der Waals surface area contributed by atoms with Crippen LogP contribution in [0.5, 0.6) is 5.75 Å². The van der Waals surface area contributed by atoms with Gasteiger partial charge in [-0.2, -0.15) is 0 Å². The van der Waals surface area contributed by atoms with Gasteiger partial charge in [0, 0.05) is 17.3 Å². The Labute approximate surface area is 155 Å². The summed E-state index contributed by atoms with van der Waals surface area (Å²) < 4.78 is 5.94. The molecule has 2 N–H and O–H groups in total. The van der Waals surface area contributed by atoms with E-state index in [2.05, 4.69) is 28.8 Å². The number of ether oxygens (including phenoxy) is 1. The number of hydrogen-bond donors (Lipinski definition) is 2. The molecule has 0 aliphatic carbocycles. The van der Waals surface area contributed by atoms with Crippen molar-refractivity contribution >= 4 is 17.3 Å². The Morgan fingerprint density at radius 2 is 2.04 bits per heavy atom. The summed E-state index contributed by atoms with van der Waals surface area (Å²) in [5.74, 6) is 1.78. The highest BCUT2D eigenvalue weighted by atomic mass is 35.5.